The van der Waals surface area contributed by atoms with E-state index in [-0.39, 0.29) is 18.2 Å². The average molecular weight is 307 g/mol. The van der Waals surface area contributed by atoms with E-state index in [1.54, 1.807) is 25.1 Å². The minimum absolute atomic E-state index is 0.0155. The fraction of sp³-hybridized carbons (Fsp3) is 0.357. The lowest BCUT2D eigenvalue weighted by Gasteiger charge is -2.07. The zero-order valence-corrected chi connectivity index (χ0v) is 13.0. The summed E-state index contributed by atoms with van der Waals surface area (Å²) in [5, 5.41) is 5.28. The van der Waals surface area contributed by atoms with Gasteiger partial charge < -0.3 is 14.6 Å². The first-order valence-electron chi connectivity index (χ1n) is 6.44. The van der Waals surface area contributed by atoms with E-state index in [0.717, 1.165) is 5.01 Å². The number of hydrogen-bond acceptors (Lipinski definition) is 5. The Labute approximate surface area is 126 Å². The highest BCUT2D eigenvalue weighted by Crippen LogP contribution is 2.24. The van der Waals surface area contributed by atoms with Crippen LogP contribution in [-0.2, 0) is 22.6 Å². The highest BCUT2D eigenvalue weighted by Gasteiger charge is 2.12. The Bertz CT molecular complexity index is 645. The highest BCUT2D eigenvalue weighted by atomic mass is 32.1. The van der Waals surface area contributed by atoms with E-state index in [2.05, 4.69) is 10.3 Å². The normalized spacial score (nSPS) is 10.4. The Morgan fingerprint density at radius 1 is 1.38 bits per heavy atom. The van der Waals surface area contributed by atoms with E-state index in [1.807, 2.05) is 11.4 Å². The van der Waals surface area contributed by atoms with Crippen molar-refractivity contribution in [3.63, 3.8) is 0 Å². The Morgan fingerprint density at radius 3 is 2.81 bits per heavy atom. The molecule has 2 heterocycles. The summed E-state index contributed by atoms with van der Waals surface area (Å²) in [5.41, 5.74) is 0.704. The molecule has 0 bridgehead atoms. The number of hydrogen-bond donors (Lipinski definition) is 1. The Kier molecular flexibility index (Phi) is 4.74. The number of nitrogens with zero attached hydrogens (tertiary/aromatic N) is 2. The van der Waals surface area contributed by atoms with E-state index in [0.29, 0.717) is 23.8 Å². The van der Waals surface area contributed by atoms with Crippen molar-refractivity contribution < 1.29 is 14.0 Å². The molecule has 21 heavy (non-hydrogen) atoms. The maximum absolute atomic E-state index is 11.6. The monoisotopic (exact) mass is 307 g/mol. The van der Waals surface area contributed by atoms with Crippen molar-refractivity contribution in [2.24, 2.45) is 0 Å². The van der Waals surface area contributed by atoms with E-state index in [1.165, 1.54) is 18.3 Å². The summed E-state index contributed by atoms with van der Waals surface area (Å²) in [6.45, 7) is 1.81. The SMILES string of the molecule is CC(=O)NCc1ccc(-c2csc(CC(=O)N(C)C)n2)o1. The lowest BCUT2D eigenvalue weighted by molar-refractivity contribution is -0.128. The third-order valence-corrected chi connectivity index (χ3v) is 3.63. The predicted molar refractivity (Wildman–Crippen MR) is 79.7 cm³/mol. The van der Waals surface area contributed by atoms with Crippen molar-refractivity contribution >= 4 is 23.2 Å². The molecule has 2 amide bonds. The van der Waals surface area contributed by atoms with Gasteiger partial charge in [-0.15, -0.1) is 11.3 Å². The summed E-state index contributed by atoms with van der Waals surface area (Å²) in [7, 11) is 3.44. The van der Waals surface area contributed by atoms with E-state index in [4.69, 9.17) is 4.42 Å². The number of aromatic nitrogens is 1. The molecule has 2 aromatic rings. The molecule has 0 saturated carbocycles. The van der Waals surface area contributed by atoms with Gasteiger partial charge in [0.2, 0.25) is 11.8 Å². The third kappa shape index (κ3) is 4.16. The number of rotatable bonds is 5. The predicted octanol–water partition coefficient (Wildman–Crippen LogP) is 1.67. The van der Waals surface area contributed by atoms with Crippen LogP contribution in [0.15, 0.2) is 21.9 Å². The van der Waals surface area contributed by atoms with E-state index < -0.39 is 0 Å². The number of carbonyl (C=O) groups is 2. The van der Waals surface area contributed by atoms with Crippen LogP contribution in [0.5, 0.6) is 0 Å². The number of thiazole rings is 1. The van der Waals surface area contributed by atoms with Crippen LogP contribution in [0, 0.1) is 0 Å². The Hall–Kier alpha value is -2.15. The van der Waals surface area contributed by atoms with E-state index >= 15 is 0 Å². The number of nitrogens with one attached hydrogen (secondary N) is 1. The van der Waals surface area contributed by atoms with Gasteiger partial charge in [-0.3, -0.25) is 9.59 Å². The van der Waals surface area contributed by atoms with Gasteiger partial charge in [0, 0.05) is 26.4 Å². The molecule has 0 fully saturated rings. The Balaban J connectivity index is 2.04. The molecule has 0 spiro atoms. The topological polar surface area (TPSA) is 75.4 Å². The molecule has 0 aliphatic rings. The standard InChI is InChI=1S/C14H17N3O3S/c1-9(18)15-7-10-4-5-12(20-10)11-8-21-13(16-11)6-14(19)17(2)3/h4-5,8H,6-7H2,1-3H3,(H,15,18). The smallest absolute Gasteiger partial charge is 0.228 e. The van der Waals surface area contributed by atoms with Gasteiger partial charge >= 0.3 is 0 Å². The average Bonchev–Trinajstić information content (AvgIpc) is 3.04. The molecule has 1 N–H and O–H groups in total. The highest BCUT2D eigenvalue weighted by molar-refractivity contribution is 7.10. The maximum Gasteiger partial charge on any atom is 0.228 e. The van der Waals surface area contributed by atoms with Crippen LogP contribution in [0.4, 0.5) is 0 Å². The molecule has 112 valence electrons. The zero-order valence-electron chi connectivity index (χ0n) is 12.2. The quantitative estimate of drug-likeness (QED) is 0.911. The van der Waals surface area contributed by atoms with Crippen LogP contribution in [0.25, 0.3) is 11.5 Å². The van der Waals surface area contributed by atoms with Crippen molar-refractivity contribution in [1.82, 2.24) is 15.2 Å². The fourth-order valence-electron chi connectivity index (χ4n) is 1.61. The number of likely N-dealkylation sites (N-methyl/N-ethyl adjacent to an activating group) is 1. The minimum Gasteiger partial charge on any atom is -0.458 e. The fourth-order valence-corrected chi connectivity index (χ4v) is 2.39. The van der Waals surface area contributed by atoms with Crippen LogP contribution in [0.3, 0.4) is 0 Å². The second kappa shape index (κ2) is 6.53. The molecule has 2 aromatic heterocycles. The molecule has 0 aliphatic carbocycles. The number of carbonyl (C=O) groups excluding carboxylic acids is 2. The van der Waals surface area contributed by atoms with Crippen molar-refractivity contribution in [2.45, 2.75) is 19.9 Å². The van der Waals surface area contributed by atoms with E-state index in [9.17, 15) is 9.59 Å². The minimum atomic E-state index is -0.105. The summed E-state index contributed by atoms with van der Waals surface area (Å²) in [4.78, 5) is 28.4. The molecule has 6 nitrogen and oxygen atoms in total. The van der Waals surface area contributed by atoms with Crippen LogP contribution in [0.2, 0.25) is 0 Å². The summed E-state index contributed by atoms with van der Waals surface area (Å²) >= 11 is 1.43. The van der Waals surface area contributed by atoms with Gasteiger partial charge in [-0.05, 0) is 12.1 Å². The third-order valence-electron chi connectivity index (χ3n) is 2.78. The summed E-state index contributed by atoms with van der Waals surface area (Å²) in [6, 6.07) is 3.61. The molecule has 0 aromatic carbocycles. The Morgan fingerprint density at radius 2 is 2.14 bits per heavy atom. The van der Waals surface area contributed by atoms with Crippen LogP contribution in [0.1, 0.15) is 17.7 Å². The van der Waals surface area contributed by atoms with Crippen molar-refractivity contribution in [3.05, 3.63) is 28.3 Å². The van der Waals surface area contributed by atoms with Crippen LogP contribution >= 0.6 is 11.3 Å². The molecule has 2 rings (SSSR count). The van der Waals surface area contributed by atoms with Gasteiger partial charge in [-0.1, -0.05) is 0 Å². The molecule has 0 saturated heterocycles. The summed E-state index contributed by atoms with van der Waals surface area (Å²) in [6.07, 6.45) is 0.289. The zero-order chi connectivity index (χ0) is 15.4. The molecular weight excluding hydrogens is 290 g/mol. The lowest BCUT2D eigenvalue weighted by atomic mass is 10.3. The van der Waals surface area contributed by atoms with Gasteiger partial charge in [0.15, 0.2) is 5.76 Å². The molecule has 0 aliphatic heterocycles. The van der Waals surface area contributed by atoms with Crippen molar-refractivity contribution in [2.75, 3.05) is 14.1 Å². The van der Waals surface area contributed by atoms with Gasteiger partial charge in [-0.25, -0.2) is 4.98 Å². The molecule has 7 heteroatoms. The van der Waals surface area contributed by atoms with Gasteiger partial charge in [0.25, 0.3) is 0 Å². The lowest BCUT2D eigenvalue weighted by Crippen LogP contribution is -2.23. The van der Waals surface area contributed by atoms with Gasteiger partial charge in [0.1, 0.15) is 16.5 Å². The van der Waals surface area contributed by atoms with Crippen LogP contribution < -0.4 is 5.32 Å². The molecular formula is C14H17N3O3S. The molecule has 0 unspecified atom stereocenters. The van der Waals surface area contributed by atoms with Gasteiger partial charge in [0.05, 0.1) is 13.0 Å². The molecule has 0 radical (unpaired) electrons. The van der Waals surface area contributed by atoms with Crippen LogP contribution in [-0.4, -0.2) is 35.8 Å². The summed E-state index contributed by atoms with van der Waals surface area (Å²) in [5.74, 6) is 1.21. The van der Waals surface area contributed by atoms with Crippen molar-refractivity contribution in [1.29, 1.82) is 0 Å². The largest absolute Gasteiger partial charge is 0.458 e. The first-order chi connectivity index (χ1) is 9.95. The second-order valence-electron chi connectivity index (χ2n) is 4.77. The van der Waals surface area contributed by atoms with Gasteiger partial charge in [-0.2, -0.15) is 0 Å². The summed E-state index contributed by atoms with van der Waals surface area (Å²) < 4.78 is 5.62. The first kappa shape index (κ1) is 15.2. The maximum atomic E-state index is 11.6. The number of amides is 2. The second-order valence-corrected chi connectivity index (χ2v) is 5.71. The van der Waals surface area contributed by atoms with Crippen molar-refractivity contribution in [3.8, 4) is 11.5 Å². The first-order valence-corrected chi connectivity index (χ1v) is 7.31. The number of furan rings is 1. The molecule has 0 atom stereocenters.